The van der Waals surface area contributed by atoms with Crippen molar-refractivity contribution in [3.05, 3.63) is 0 Å². The summed E-state index contributed by atoms with van der Waals surface area (Å²) in [6, 6.07) is 0.319. The second kappa shape index (κ2) is 4.07. The summed E-state index contributed by atoms with van der Waals surface area (Å²) in [7, 11) is 2.16. The molecule has 66 valence electrons. The summed E-state index contributed by atoms with van der Waals surface area (Å²) in [6.07, 6.45) is 4.31. The number of hydrogen-bond donors (Lipinski definition) is 1. The molecule has 11 heavy (non-hydrogen) atoms. The lowest BCUT2D eigenvalue weighted by atomic mass is 10.2. The van der Waals surface area contributed by atoms with Gasteiger partial charge in [0.15, 0.2) is 0 Å². The minimum absolute atomic E-state index is 0.319. The van der Waals surface area contributed by atoms with Crippen molar-refractivity contribution < 1.29 is 0 Å². The zero-order valence-corrected chi connectivity index (χ0v) is 7.71. The van der Waals surface area contributed by atoms with Crippen LogP contribution < -0.4 is 5.73 Å². The number of hydrogen-bond acceptors (Lipinski definition) is 2. The molecule has 0 heterocycles. The van der Waals surface area contributed by atoms with E-state index in [1.54, 1.807) is 0 Å². The van der Waals surface area contributed by atoms with Gasteiger partial charge >= 0.3 is 0 Å². The standard InChI is InChI=1S/C9H20N2/c1-8(10)7-11(2)6-5-9-3-4-9/h8-9H,3-7,10H2,1-2H3. The van der Waals surface area contributed by atoms with E-state index in [-0.39, 0.29) is 0 Å². The van der Waals surface area contributed by atoms with E-state index in [0.29, 0.717) is 6.04 Å². The molecule has 2 N–H and O–H groups in total. The van der Waals surface area contributed by atoms with E-state index in [9.17, 15) is 0 Å². The third kappa shape index (κ3) is 4.38. The van der Waals surface area contributed by atoms with E-state index >= 15 is 0 Å². The molecular weight excluding hydrogens is 136 g/mol. The van der Waals surface area contributed by atoms with Crippen LogP contribution in [-0.4, -0.2) is 31.1 Å². The van der Waals surface area contributed by atoms with E-state index in [1.165, 1.54) is 25.8 Å². The maximum atomic E-state index is 5.67. The van der Waals surface area contributed by atoms with Crippen molar-refractivity contribution in [3.8, 4) is 0 Å². The normalized spacial score (nSPS) is 20.7. The Morgan fingerprint density at radius 1 is 1.55 bits per heavy atom. The molecule has 0 aromatic heterocycles. The molecule has 1 unspecified atom stereocenters. The summed E-state index contributed by atoms with van der Waals surface area (Å²) in [5.74, 6) is 1.05. The van der Waals surface area contributed by atoms with Crippen LogP contribution in [0.4, 0.5) is 0 Å². The Balaban J connectivity index is 1.95. The summed E-state index contributed by atoms with van der Waals surface area (Å²) in [6.45, 7) is 4.33. The summed E-state index contributed by atoms with van der Waals surface area (Å²) in [5, 5.41) is 0. The van der Waals surface area contributed by atoms with E-state index < -0.39 is 0 Å². The molecule has 0 bridgehead atoms. The van der Waals surface area contributed by atoms with Crippen molar-refractivity contribution in [2.45, 2.75) is 32.2 Å². The van der Waals surface area contributed by atoms with Crippen LogP contribution in [0.25, 0.3) is 0 Å². The van der Waals surface area contributed by atoms with Crippen molar-refractivity contribution >= 4 is 0 Å². The predicted octanol–water partition coefficient (Wildman–Crippen LogP) is 1.07. The lowest BCUT2D eigenvalue weighted by Gasteiger charge is -2.18. The molecule has 0 aliphatic heterocycles. The highest BCUT2D eigenvalue weighted by Crippen LogP contribution is 2.32. The number of rotatable bonds is 5. The molecule has 0 aromatic carbocycles. The van der Waals surface area contributed by atoms with Crippen LogP contribution in [0.2, 0.25) is 0 Å². The Kier molecular flexibility index (Phi) is 3.34. The number of likely N-dealkylation sites (N-methyl/N-ethyl adjacent to an activating group) is 1. The number of nitrogens with zero attached hydrogens (tertiary/aromatic N) is 1. The molecule has 1 rings (SSSR count). The zero-order valence-electron chi connectivity index (χ0n) is 7.71. The van der Waals surface area contributed by atoms with E-state index in [2.05, 4.69) is 18.9 Å². The van der Waals surface area contributed by atoms with Gasteiger partial charge in [0.2, 0.25) is 0 Å². The van der Waals surface area contributed by atoms with Gasteiger partial charge in [-0.25, -0.2) is 0 Å². The van der Waals surface area contributed by atoms with Crippen molar-refractivity contribution in [1.82, 2.24) is 4.90 Å². The minimum atomic E-state index is 0.319. The Hall–Kier alpha value is -0.0800. The number of nitrogens with two attached hydrogens (primary N) is 1. The molecule has 0 spiro atoms. The average Bonchev–Trinajstić information content (AvgIpc) is 2.63. The maximum Gasteiger partial charge on any atom is 0.0139 e. The molecule has 0 radical (unpaired) electrons. The van der Waals surface area contributed by atoms with E-state index in [0.717, 1.165) is 12.5 Å². The van der Waals surface area contributed by atoms with Crippen molar-refractivity contribution in [1.29, 1.82) is 0 Å². The average molecular weight is 156 g/mol. The van der Waals surface area contributed by atoms with Crippen LogP contribution in [0.15, 0.2) is 0 Å². The zero-order chi connectivity index (χ0) is 8.27. The van der Waals surface area contributed by atoms with E-state index in [1.807, 2.05) is 0 Å². The van der Waals surface area contributed by atoms with Gasteiger partial charge in [0.1, 0.15) is 0 Å². The van der Waals surface area contributed by atoms with Gasteiger partial charge in [-0.15, -0.1) is 0 Å². The van der Waals surface area contributed by atoms with Gasteiger partial charge in [-0.3, -0.25) is 0 Å². The Morgan fingerprint density at radius 2 is 2.18 bits per heavy atom. The Labute approximate surface area is 69.8 Å². The van der Waals surface area contributed by atoms with Crippen molar-refractivity contribution in [2.24, 2.45) is 11.7 Å². The molecule has 1 aliphatic rings. The lowest BCUT2D eigenvalue weighted by Crippen LogP contribution is -2.33. The molecule has 1 fully saturated rings. The van der Waals surface area contributed by atoms with Crippen LogP contribution >= 0.6 is 0 Å². The summed E-state index contributed by atoms with van der Waals surface area (Å²) in [4.78, 5) is 2.34. The molecule has 0 aromatic rings. The minimum Gasteiger partial charge on any atom is -0.327 e. The fraction of sp³-hybridized carbons (Fsp3) is 1.00. The second-order valence-corrected chi connectivity index (χ2v) is 3.97. The van der Waals surface area contributed by atoms with Gasteiger partial charge in [-0.2, -0.15) is 0 Å². The highest BCUT2D eigenvalue weighted by atomic mass is 15.1. The smallest absolute Gasteiger partial charge is 0.0139 e. The highest BCUT2D eigenvalue weighted by Gasteiger charge is 2.20. The first-order chi connectivity index (χ1) is 5.18. The summed E-state index contributed by atoms with van der Waals surface area (Å²) < 4.78 is 0. The van der Waals surface area contributed by atoms with Crippen LogP contribution in [0.5, 0.6) is 0 Å². The second-order valence-electron chi connectivity index (χ2n) is 3.97. The van der Waals surface area contributed by atoms with Gasteiger partial charge < -0.3 is 10.6 Å². The maximum absolute atomic E-state index is 5.67. The van der Waals surface area contributed by atoms with Gasteiger partial charge in [0, 0.05) is 12.6 Å². The van der Waals surface area contributed by atoms with Crippen LogP contribution in [0, 0.1) is 5.92 Å². The van der Waals surface area contributed by atoms with Crippen LogP contribution in [0.1, 0.15) is 26.2 Å². The quantitative estimate of drug-likeness (QED) is 0.645. The SMILES string of the molecule is CC(N)CN(C)CCC1CC1. The first kappa shape index (κ1) is 9.01. The topological polar surface area (TPSA) is 29.3 Å². The van der Waals surface area contributed by atoms with Gasteiger partial charge in [0.25, 0.3) is 0 Å². The first-order valence-corrected chi connectivity index (χ1v) is 4.62. The third-order valence-corrected chi connectivity index (χ3v) is 2.22. The van der Waals surface area contributed by atoms with Crippen molar-refractivity contribution in [2.75, 3.05) is 20.1 Å². The fourth-order valence-electron chi connectivity index (χ4n) is 1.39. The van der Waals surface area contributed by atoms with Crippen molar-refractivity contribution in [3.63, 3.8) is 0 Å². The monoisotopic (exact) mass is 156 g/mol. The molecule has 2 heteroatoms. The highest BCUT2D eigenvalue weighted by molar-refractivity contribution is 4.74. The molecule has 0 amide bonds. The van der Waals surface area contributed by atoms with Crippen LogP contribution in [0.3, 0.4) is 0 Å². The van der Waals surface area contributed by atoms with Gasteiger partial charge in [-0.05, 0) is 32.9 Å². The largest absolute Gasteiger partial charge is 0.327 e. The Bertz CT molecular complexity index is 108. The Morgan fingerprint density at radius 3 is 2.64 bits per heavy atom. The fourth-order valence-corrected chi connectivity index (χ4v) is 1.39. The van der Waals surface area contributed by atoms with Gasteiger partial charge in [-0.1, -0.05) is 12.8 Å². The molecule has 1 atom stereocenters. The van der Waals surface area contributed by atoms with Crippen LogP contribution in [-0.2, 0) is 0 Å². The van der Waals surface area contributed by atoms with E-state index in [4.69, 9.17) is 5.73 Å². The summed E-state index contributed by atoms with van der Waals surface area (Å²) in [5.41, 5.74) is 5.67. The molecule has 1 aliphatic carbocycles. The molecule has 0 saturated heterocycles. The summed E-state index contributed by atoms with van der Waals surface area (Å²) >= 11 is 0. The third-order valence-electron chi connectivity index (χ3n) is 2.22. The molecule has 1 saturated carbocycles. The predicted molar refractivity (Wildman–Crippen MR) is 48.5 cm³/mol. The van der Waals surface area contributed by atoms with Gasteiger partial charge in [0.05, 0.1) is 0 Å². The lowest BCUT2D eigenvalue weighted by molar-refractivity contribution is 0.307. The molecule has 2 nitrogen and oxygen atoms in total. The molecular formula is C9H20N2. The first-order valence-electron chi connectivity index (χ1n) is 4.62.